The Labute approximate surface area is 124 Å². The van der Waals surface area contributed by atoms with Crippen molar-refractivity contribution in [3.8, 4) is 11.5 Å². The van der Waals surface area contributed by atoms with Gasteiger partial charge in [-0.2, -0.15) is 9.67 Å². The minimum absolute atomic E-state index is 0.0279. The molecular weight excluding hydrogens is 286 g/mol. The molecule has 0 spiro atoms. The second-order valence-corrected chi connectivity index (χ2v) is 4.93. The SMILES string of the molecule is Cn1nc(Cc2ccccc2)[n+]([O-])c2c(=O)n(C)c(=O)nc1-2. The van der Waals surface area contributed by atoms with Crippen LogP contribution >= 0.6 is 0 Å². The van der Waals surface area contributed by atoms with Gasteiger partial charge in [-0.05, 0) is 5.56 Å². The number of aromatic nitrogens is 5. The molecule has 0 atom stereocenters. The Hall–Kier alpha value is -3.03. The van der Waals surface area contributed by atoms with Gasteiger partial charge in [0.1, 0.15) is 0 Å². The molecule has 0 amide bonds. The number of rotatable bonds is 2. The van der Waals surface area contributed by atoms with E-state index in [2.05, 4.69) is 10.1 Å². The number of hydrogen-bond donors (Lipinski definition) is 0. The second-order valence-electron chi connectivity index (χ2n) is 4.93. The molecule has 2 aliphatic rings. The maximum absolute atomic E-state index is 12.5. The fourth-order valence-corrected chi connectivity index (χ4v) is 2.24. The zero-order chi connectivity index (χ0) is 15.9. The average molecular weight is 299 g/mol. The normalized spacial score (nSPS) is 11.0. The van der Waals surface area contributed by atoms with Crippen LogP contribution < -0.4 is 16.0 Å². The molecule has 0 fully saturated rings. The van der Waals surface area contributed by atoms with Gasteiger partial charge in [-0.25, -0.2) is 9.52 Å². The molecular formula is C14H13N5O3. The lowest BCUT2D eigenvalue weighted by molar-refractivity contribution is -0.608. The topological polar surface area (TPSA) is 96.7 Å². The van der Waals surface area contributed by atoms with E-state index in [4.69, 9.17) is 0 Å². The first kappa shape index (κ1) is 13.9. The molecule has 1 aromatic rings. The van der Waals surface area contributed by atoms with Crippen molar-refractivity contribution in [1.29, 1.82) is 0 Å². The van der Waals surface area contributed by atoms with Crippen LogP contribution in [0.4, 0.5) is 0 Å². The third kappa shape index (κ3) is 2.14. The van der Waals surface area contributed by atoms with Gasteiger partial charge in [0, 0.05) is 7.05 Å². The van der Waals surface area contributed by atoms with Crippen LogP contribution in [-0.4, -0.2) is 19.3 Å². The Kier molecular flexibility index (Phi) is 3.21. The summed E-state index contributed by atoms with van der Waals surface area (Å²) >= 11 is 0. The average Bonchev–Trinajstić information content (AvgIpc) is 2.51. The quantitative estimate of drug-likeness (QED) is 0.456. The van der Waals surface area contributed by atoms with Gasteiger partial charge in [0.05, 0.1) is 18.6 Å². The summed E-state index contributed by atoms with van der Waals surface area (Å²) in [6.07, 6.45) is 0.274. The van der Waals surface area contributed by atoms with Crippen LogP contribution in [-0.2, 0) is 20.5 Å². The van der Waals surface area contributed by atoms with Crippen molar-refractivity contribution in [2.24, 2.45) is 14.1 Å². The van der Waals surface area contributed by atoms with E-state index in [1.807, 2.05) is 30.3 Å². The van der Waals surface area contributed by atoms with Crippen LogP contribution in [0, 0.1) is 5.21 Å². The molecule has 2 heterocycles. The highest BCUT2D eigenvalue weighted by molar-refractivity contribution is 5.43. The monoisotopic (exact) mass is 299 g/mol. The Balaban J connectivity index is 2.26. The summed E-state index contributed by atoms with van der Waals surface area (Å²) in [5.41, 5.74) is -0.697. The number of nitrogens with zero attached hydrogens (tertiary/aromatic N) is 5. The molecule has 0 bridgehead atoms. The van der Waals surface area contributed by atoms with E-state index in [1.54, 1.807) is 7.05 Å². The van der Waals surface area contributed by atoms with Crippen LogP contribution in [0.25, 0.3) is 11.5 Å². The van der Waals surface area contributed by atoms with Crippen molar-refractivity contribution in [1.82, 2.24) is 19.3 Å². The summed E-state index contributed by atoms with van der Waals surface area (Å²) in [5.74, 6) is 0.138. The van der Waals surface area contributed by atoms with Crippen LogP contribution in [0.1, 0.15) is 11.4 Å². The lowest BCUT2D eigenvalue weighted by Crippen LogP contribution is -2.48. The fourth-order valence-electron chi connectivity index (χ4n) is 2.24. The predicted molar refractivity (Wildman–Crippen MR) is 77.3 cm³/mol. The first-order chi connectivity index (χ1) is 10.5. The molecule has 3 rings (SSSR count). The van der Waals surface area contributed by atoms with E-state index in [1.165, 1.54) is 11.7 Å². The standard InChI is InChI=1S/C14H13N5O3/c1-17-13(20)11-12(15-14(17)21)18(2)16-10(19(11)22)8-9-6-4-3-5-7-9/h3-7H,8H2,1-2H3. The first-order valence-corrected chi connectivity index (χ1v) is 6.59. The highest BCUT2D eigenvalue weighted by atomic mass is 16.5. The van der Waals surface area contributed by atoms with Gasteiger partial charge >= 0.3 is 17.1 Å². The molecule has 0 unspecified atom stereocenters. The second kappa shape index (κ2) is 5.06. The molecule has 22 heavy (non-hydrogen) atoms. The third-order valence-electron chi connectivity index (χ3n) is 3.42. The predicted octanol–water partition coefficient (Wildman–Crippen LogP) is -0.797. The minimum Gasteiger partial charge on any atom is -0.710 e. The molecule has 0 N–H and O–H groups in total. The smallest absolute Gasteiger partial charge is 0.352 e. The zero-order valence-electron chi connectivity index (χ0n) is 12.1. The molecule has 112 valence electrons. The maximum Gasteiger partial charge on any atom is 0.352 e. The van der Waals surface area contributed by atoms with Crippen molar-refractivity contribution in [3.63, 3.8) is 0 Å². The molecule has 2 aliphatic heterocycles. The molecule has 0 aromatic heterocycles. The van der Waals surface area contributed by atoms with Gasteiger partial charge in [-0.15, -0.1) is 0 Å². The Morgan fingerprint density at radius 1 is 1.18 bits per heavy atom. The summed E-state index contributed by atoms with van der Waals surface area (Å²) in [6, 6.07) is 9.32. The van der Waals surface area contributed by atoms with Crippen LogP contribution in [0.5, 0.6) is 0 Å². The van der Waals surface area contributed by atoms with E-state index in [-0.39, 0.29) is 23.8 Å². The number of hydrogen-bond acceptors (Lipinski definition) is 5. The summed E-state index contributed by atoms with van der Waals surface area (Å²) in [5, 5.41) is 16.6. The minimum atomic E-state index is -0.717. The number of benzene rings is 1. The summed E-state index contributed by atoms with van der Waals surface area (Å²) in [4.78, 5) is 27.5. The first-order valence-electron chi connectivity index (χ1n) is 6.59. The number of fused-ring (bicyclic) bond motifs is 1. The van der Waals surface area contributed by atoms with Gasteiger partial charge in [-0.3, -0.25) is 9.36 Å². The van der Waals surface area contributed by atoms with E-state index in [0.717, 1.165) is 10.1 Å². The molecule has 0 saturated carbocycles. The maximum atomic E-state index is 12.5. The van der Waals surface area contributed by atoms with Gasteiger partial charge in [0.2, 0.25) is 11.5 Å². The Morgan fingerprint density at radius 2 is 1.86 bits per heavy atom. The van der Waals surface area contributed by atoms with Gasteiger partial charge < -0.3 is 5.21 Å². The van der Waals surface area contributed by atoms with Crippen molar-refractivity contribution in [3.05, 3.63) is 67.8 Å². The van der Waals surface area contributed by atoms with Crippen LogP contribution in [0.3, 0.4) is 0 Å². The van der Waals surface area contributed by atoms with Crippen LogP contribution in [0.15, 0.2) is 39.9 Å². The third-order valence-corrected chi connectivity index (χ3v) is 3.42. The Bertz CT molecular complexity index is 930. The van der Waals surface area contributed by atoms with Gasteiger partial charge in [0.15, 0.2) is 0 Å². The highest BCUT2D eigenvalue weighted by Crippen LogP contribution is 2.09. The highest BCUT2D eigenvalue weighted by Gasteiger charge is 2.26. The largest absolute Gasteiger partial charge is 0.710 e. The molecule has 0 radical (unpaired) electrons. The van der Waals surface area contributed by atoms with Gasteiger partial charge in [-0.1, -0.05) is 30.3 Å². The summed E-state index contributed by atoms with van der Waals surface area (Å²) in [7, 11) is 2.83. The zero-order valence-corrected chi connectivity index (χ0v) is 12.1. The summed E-state index contributed by atoms with van der Waals surface area (Å²) in [6.45, 7) is 0. The molecule has 0 aliphatic carbocycles. The van der Waals surface area contributed by atoms with Crippen molar-refractivity contribution in [2.45, 2.75) is 6.42 Å². The van der Waals surface area contributed by atoms with Crippen molar-refractivity contribution < 1.29 is 4.73 Å². The van der Waals surface area contributed by atoms with Gasteiger partial charge in [0.25, 0.3) is 0 Å². The lowest BCUT2D eigenvalue weighted by Gasteiger charge is -2.14. The van der Waals surface area contributed by atoms with E-state index >= 15 is 0 Å². The lowest BCUT2D eigenvalue weighted by atomic mass is 10.1. The fraction of sp³-hybridized carbons (Fsp3) is 0.214. The molecule has 8 heteroatoms. The van der Waals surface area contributed by atoms with Crippen molar-refractivity contribution in [2.75, 3.05) is 0 Å². The van der Waals surface area contributed by atoms with Crippen molar-refractivity contribution >= 4 is 0 Å². The van der Waals surface area contributed by atoms with E-state index in [0.29, 0.717) is 4.73 Å². The van der Waals surface area contributed by atoms with Crippen LogP contribution in [0.2, 0.25) is 0 Å². The van der Waals surface area contributed by atoms with E-state index in [9.17, 15) is 14.8 Å². The van der Waals surface area contributed by atoms with E-state index < -0.39 is 11.2 Å². The molecule has 0 saturated heterocycles. The Morgan fingerprint density at radius 3 is 2.55 bits per heavy atom. The number of aryl methyl sites for hydroxylation is 1. The molecule has 1 aromatic carbocycles. The molecule has 8 nitrogen and oxygen atoms in total. The summed E-state index contributed by atoms with van der Waals surface area (Å²) < 4.78 is 2.55.